The zero-order valence-electron chi connectivity index (χ0n) is 35.4. The fourth-order valence-electron chi connectivity index (χ4n) is 6.06. The maximum absolute atomic E-state index is 9.38. The molecular weight excluding hydrogens is 520 g/mol. The van der Waals surface area contributed by atoms with E-state index >= 15 is 0 Å². The first kappa shape index (κ1) is 14.5. The number of benzene rings is 8. The third-order valence-electron chi connectivity index (χ3n) is 7.87. The summed E-state index contributed by atoms with van der Waals surface area (Å²) < 4.78 is 122. The molecule has 0 saturated heterocycles. The van der Waals surface area contributed by atoms with Crippen molar-refractivity contribution >= 4 is 54.3 Å². The van der Waals surface area contributed by atoms with Gasteiger partial charge in [-0.15, -0.1) is 0 Å². The maximum atomic E-state index is 9.38. The zero-order chi connectivity index (χ0) is 39.6. The lowest BCUT2D eigenvalue weighted by atomic mass is 9.85. The predicted molar refractivity (Wildman–Crippen MR) is 183 cm³/mol. The van der Waals surface area contributed by atoms with Crippen molar-refractivity contribution in [3.05, 3.63) is 157 Å². The van der Waals surface area contributed by atoms with E-state index in [2.05, 4.69) is 0 Å². The SMILES string of the molecule is [2H]c1c([2H])c(-c2c([2H])c([2H])c3c([2H])c([2H])c([2H])c([2H])c3c2[2H])c2c(oc3c(-c4c5ccccc5c(-c5ccccc5)c5ccccc45)c([2H])c([2H])c([2H])c32)c1[2H]. The van der Waals surface area contributed by atoms with Crippen molar-refractivity contribution in [2.45, 2.75) is 0 Å². The molecule has 0 N–H and O–H groups in total. The largest absolute Gasteiger partial charge is 0.455 e. The van der Waals surface area contributed by atoms with E-state index in [1.807, 2.05) is 78.9 Å². The Morgan fingerprint density at radius 3 is 1.81 bits per heavy atom. The fourth-order valence-corrected chi connectivity index (χ4v) is 6.06. The Morgan fingerprint density at radius 1 is 0.442 bits per heavy atom. The molecule has 43 heavy (non-hydrogen) atoms. The minimum Gasteiger partial charge on any atom is -0.455 e. The number of fused-ring (bicyclic) bond motifs is 6. The Bertz CT molecular complexity index is 3170. The summed E-state index contributed by atoms with van der Waals surface area (Å²) in [5.41, 5.74) is 1.39. The Kier molecular flexibility index (Phi) is 3.18. The van der Waals surface area contributed by atoms with Gasteiger partial charge in [-0.05, 0) is 66.7 Å². The van der Waals surface area contributed by atoms with Crippen LogP contribution in [0.25, 0.3) is 87.6 Å². The van der Waals surface area contributed by atoms with Crippen LogP contribution in [0.4, 0.5) is 0 Å². The second-order valence-corrected chi connectivity index (χ2v) is 10.2. The zero-order valence-corrected chi connectivity index (χ0v) is 22.4. The van der Waals surface area contributed by atoms with Crippen molar-refractivity contribution in [2.75, 3.05) is 0 Å². The summed E-state index contributed by atoms with van der Waals surface area (Å²) in [6.07, 6.45) is 0. The first-order valence-corrected chi connectivity index (χ1v) is 13.7. The molecule has 0 spiro atoms. The smallest absolute Gasteiger partial charge is 0.143 e. The van der Waals surface area contributed by atoms with E-state index in [4.69, 9.17) is 18.1 Å². The summed E-state index contributed by atoms with van der Waals surface area (Å²) in [6, 6.07) is 17.4. The van der Waals surface area contributed by atoms with Crippen molar-refractivity contribution in [3.63, 3.8) is 0 Å². The van der Waals surface area contributed by atoms with Crippen molar-refractivity contribution in [1.82, 2.24) is 0 Å². The molecule has 1 nitrogen and oxygen atoms in total. The normalized spacial score (nSPS) is 16.0. The van der Waals surface area contributed by atoms with Crippen LogP contribution in [-0.2, 0) is 0 Å². The second-order valence-electron chi connectivity index (χ2n) is 10.2. The van der Waals surface area contributed by atoms with Crippen LogP contribution in [0, 0.1) is 0 Å². The van der Waals surface area contributed by atoms with E-state index in [-0.39, 0.29) is 49.9 Å². The quantitative estimate of drug-likeness (QED) is 0.196. The van der Waals surface area contributed by atoms with Gasteiger partial charge in [0.1, 0.15) is 11.2 Å². The van der Waals surface area contributed by atoms with Crippen molar-refractivity contribution < 1.29 is 22.2 Å². The molecule has 0 bridgehead atoms. The highest BCUT2D eigenvalue weighted by atomic mass is 16.3. The summed E-state index contributed by atoms with van der Waals surface area (Å²) in [4.78, 5) is 0. The molecular formula is C42H26O. The van der Waals surface area contributed by atoms with Gasteiger partial charge in [0.05, 0.1) is 17.8 Å². The fraction of sp³-hybridized carbons (Fsp3) is 0. The number of hydrogen-bond acceptors (Lipinski definition) is 1. The molecule has 9 aromatic rings. The molecule has 8 aromatic carbocycles. The molecule has 0 aliphatic rings. The Morgan fingerprint density at radius 2 is 1.07 bits per heavy atom. The highest BCUT2D eigenvalue weighted by Gasteiger charge is 2.21. The van der Waals surface area contributed by atoms with Crippen LogP contribution >= 0.6 is 0 Å². The molecule has 0 radical (unpaired) electrons. The molecule has 0 atom stereocenters. The minimum atomic E-state index is -0.669. The molecule has 0 saturated carbocycles. The molecule has 1 heterocycles. The average molecular weight is 560 g/mol. The average Bonchev–Trinajstić information content (AvgIpc) is 3.60. The summed E-state index contributed by atoms with van der Waals surface area (Å²) in [5.74, 6) is 0. The van der Waals surface area contributed by atoms with E-state index in [0.29, 0.717) is 16.3 Å². The topological polar surface area (TPSA) is 13.1 Å². The molecule has 0 fully saturated rings. The Balaban J connectivity index is 1.51. The van der Waals surface area contributed by atoms with Gasteiger partial charge in [0.2, 0.25) is 0 Å². The standard InChI is InChI=1S/C42H26O/c1-2-13-28(14-3-1)39-32-16-6-8-18-34(32)40(35-19-9-7-17-33(35)39)36-21-10-22-37-41-31(20-11-23-38(41)43-42(36)37)30-25-24-27-12-4-5-15-29(27)26-30/h1-26H/i4D,5D,10D,11D,12D,15D,20D,21D,22D,23D,24D,25D,26D. The van der Waals surface area contributed by atoms with Gasteiger partial charge in [-0.25, -0.2) is 0 Å². The summed E-state index contributed by atoms with van der Waals surface area (Å²) in [7, 11) is 0. The van der Waals surface area contributed by atoms with Gasteiger partial charge in [0, 0.05) is 21.9 Å². The molecule has 200 valence electrons. The van der Waals surface area contributed by atoms with Gasteiger partial charge in [-0.2, -0.15) is 0 Å². The van der Waals surface area contributed by atoms with Crippen LogP contribution in [0.2, 0.25) is 0 Å². The van der Waals surface area contributed by atoms with Crippen molar-refractivity contribution in [1.29, 1.82) is 0 Å². The van der Waals surface area contributed by atoms with Crippen LogP contribution in [0.15, 0.2) is 162 Å². The molecule has 1 aromatic heterocycles. The van der Waals surface area contributed by atoms with Crippen LogP contribution in [0.5, 0.6) is 0 Å². The van der Waals surface area contributed by atoms with E-state index < -0.39 is 78.1 Å². The first-order valence-electron chi connectivity index (χ1n) is 20.2. The summed E-state index contributed by atoms with van der Waals surface area (Å²) in [6.45, 7) is 0. The van der Waals surface area contributed by atoms with E-state index in [1.54, 1.807) is 0 Å². The second kappa shape index (κ2) is 9.44. The third kappa shape index (κ3) is 3.65. The van der Waals surface area contributed by atoms with Gasteiger partial charge < -0.3 is 4.42 Å². The van der Waals surface area contributed by atoms with Crippen LogP contribution in [-0.4, -0.2) is 0 Å². The molecule has 1 heteroatoms. The molecule has 0 aliphatic heterocycles. The third-order valence-corrected chi connectivity index (χ3v) is 7.87. The molecule has 0 unspecified atom stereocenters. The lowest BCUT2D eigenvalue weighted by molar-refractivity contribution is 0.670. The van der Waals surface area contributed by atoms with Gasteiger partial charge in [0.15, 0.2) is 0 Å². The number of rotatable bonds is 3. The molecule has 9 rings (SSSR count). The highest BCUT2D eigenvalue weighted by Crippen LogP contribution is 2.47. The lowest BCUT2D eigenvalue weighted by Crippen LogP contribution is -1.91. The lowest BCUT2D eigenvalue weighted by Gasteiger charge is -2.17. The Labute approximate surface area is 267 Å². The number of hydrogen-bond donors (Lipinski definition) is 0. The predicted octanol–water partition coefficient (Wildman–Crippen LogP) is 12.0. The summed E-state index contributed by atoms with van der Waals surface area (Å²) >= 11 is 0. The summed E-state index contributed by atoms with van der Waals surface area (Å²) in [5, 5.41) is 2.10. The van der Waals surface area contributed by atoms with Gasteiger partial charge >= 0.3 is 0 Å². The van der Waals surface area contributed by atoms with Crippen LogP contribution in [0.3, 0.4) is 0 Å². The monoisotopic (exact) mass is 559 g/mol. The van der Waals surface area contributed by atoms with Gasteiger partial charge in [-0.1, -0.05) is 145 Å². The minimum absolute atomic E-state index is 0.0830. The van der Waals surface area contributed by atoms with E-state index in [0.717, 1.165) is 21.9 Å². The maximum Gasteiger partial charge on any atom is 0.143 e. The van der Waals surface area contributed by atoms with Gasteiger partial charge in [0.25, 0.3) is 0 Å². The number of furan rings is 1. The van der Waals surface area contributed by atoms with Crippen LogP contribution < -0.4 is 0 Å². The van der Waals surface area contributed by atoms with Crippen molar-refractivity contribution in [3.8, 4) is 33.4 Å². The van der Waals surface area contributed by atoms with E-state index in [1.165, 1.54) is 0 Å². The Hall–Kier alpha value is -5.66. The molecule has 0 aliphatic carbocycles. The van der Waals surface area contributed by atoms with Gasteiger partial charge in [-0.3, -0.25) is 0 Å². The first-order chi connectivity index (χ1) is 26.8. The van der Waals surface area contributed by atoms with Crippen LogP contribution in [0.1, 0.15) is 17.8 Å². The number of para-hydroxylation sites is 1. The highest BCUT2D eigenvalue weighted by molar-refractivity contribution is 6.25. The van der Waals surface area contributed by atoms with Crippen molar-refractivity contribution in [2.24, 2.45) is 0 Å². The van der Waals surface area contributed by atoms with E-state index in [9.17, 15) is 4.11 Å². The molecule has 0 amide bonds.